The van der Waals surface area contributed by atoms with Crippen LogP contribution in [0.1, 0.15) is 23.6 Å². The van der Waals surface area contributed by atoms with Gasteiger partial charge in [0.2, 0.25) is 11.8 Å². The van der Waals surface area contributed by atoms with Crippen LogP contribution in [-0.4, -0.2) is 18.4 Å². The number of anilines is 2. The number of hydrogen-bond acceptors (Lipinski definition) is 2. The highest BCUT2D eigenvalue weighted by Gasteiger charge is 2.32. The van der Waals surface area contributed by atoms with Gasteiger partial charge >= 0.3 is 6.18 Å². The molecular formula is C19H18ClF3N2O2. The van der Waals surface area contributed by atoms with Crippen LogP contribution in [0.15, 0.2) is 36.4 Å². The van der Waals surface area contributed by atoms with Gasteiger partial charge in [-0.3, -0.25) is 9.59 Å². The predicted molar refractivity (Wildman–Crippen MR) is 99.0 cm³/mol. The lowest BCUT2D eigenvalue weighted by Crippen LogP contribution is -2.37. The molecule has 0 fully saturated rings. The molecular weight excluding hydrogens is 381 g/mol. The molecule has 0 aromatic heterocycles. The lowest BCUT2D eigenvalue weighted by molar-refractivity contribution is -0.137. The van der Waals surface area contributed by atoms with E-state index in [0.717, 1.165) is 41.1 Å². The standard InChI is InChI=1S/C19H18ClF3N2O2/c1-11-4-5-12(2)16(8-11)24-18(27)10-25(13(3)26)17-9-14(19(21,22)23)6-7-15(17)20/h4-9H,10H2,1-3H3,(H,24,27). The van der Waals surface area contributed by atoms with E-state index >= 15 is 0 Å². The van der Waals surface area contributed by atoms with E-state index < -0.39 is 30.1 Å². The fourth-order valence-corrected chi connectivity index (χ4v) is 2.69. The fraction of sp³-hybridized carbons (Fsp3) is 0.263. The Balaban J connectivity index is 2.29. The highest BCUT2D eigenvalue weighted by atomic mass is 35.5. The summed E-state index contributed by atoms with van der Waals surface area (Å²) < 4.78 is 38.9. The molecule has 0 bridgehead atoms. The van der Waals surface area contributed by atoms with Crippen molar-refractivity contribution < 1.29 is 22.8 Å². The number of nitrogens with one attached hydrogen (secondary N) is 1. The van der Waals surface area contributed by atoms with Gasteiger partial charge in [-0.05, 0) is 49.2 Å². The Kier molecular flexibility index (Phi) is 6.15. The molecule has 0 aliphatic rings. The molecule has 0 spiro atoms. The van der Waals surface area contributed by atoms with Crippen molar-refractivity contribution in [3.05, 3.63) is 58.1 Å². The first-order valence-electron chi connectivity index (χ1n) is 8.01. The van der Waals surface area contributed by atoms with Crippen molar-refractivity contribution >= 4 is 34.8 Å². The Morgan fingerprint density at radius 1 is 1.11 bits per heavy atom. The average molecular weight is 399 g/mol. The summed E-state index contributed by atoms with van der Waals surface area (Å²) in [6.07, 6.45) is -4.59. The molecule has 0 aliphatic carbocycles. The van der Waals surface area contributed by atoms with Gasteiger partial charge in [0, 0.05) is 12.6 Å². The molecule has 0 saturated carbocycles. The lowest BCUT2D eigenvalue weighted by atomic mass is 10.1. The SMILES string of the molecule is CC(=O)N(CC(=O)Nc1cc(C)ccc1C)c1cc(C(F)(F)F)ccc1Cl. The summed E-state index contributed by atoms with van der Waals surface area (Å²) >= 11 is 5.98. The highest BCUT2D eigenvalue weighted by Crippen LogP contribution is 2.35. The Morgan fingerprint density at radius 2 is 1.78 bits per heavy atom. The number of halogens is 4. The summed E-state index contributed by atoms with van der Waals surface area (Å²) in [4.78, 5) is 25.3. The third-order valence-electron chi connectivity index (χ3n) is 3.91. The van der Waals surface area contributed by atoms with Crippen LogP contribution in [0.5, 0.6) is 0 Å². The van der Waals surface area contributed by atoms with E-state index in [2.05, 4.69) is 5.32 Å². The van der Waals surface area contributed by atoms with Crippen LogP contribution in [0.25, 0.3) is 0 Å². The van der Waals surface area contributed by atoms with Crippen molar-refractivity contribution in [3.63, 3.8) is 0 Å². The minimum absolute atomic E-state index is 0.0577. The van der Waals surface area contributed by atoms with Crippen molar-refractivity contribution in [2.24, 2.45) is 0 Å². The fourth-order valence-electron chi connectivity index (χ4n) is 2.47. The number of carbonyl (C=O) groups is 2. The number of amides is 2. The van der Waals surface area contributed by atoms with E-state index in [4.69, 9.17) is 11.6 Å². The van der Waals surface area contributed by atoms with Crippen LogP contribution >= 0.6 is 11.6 Å². The Bertz CT molecular complexity index is 882. The van der Waals surface area contributed by atoms with Gasteiger partial charge in [-0.25, -0.2) is 0 Å². The van der Waals surface area contributed by atoms with Crippen molar-refractivity contribution in [1.82, 2.24) is 0 Å². The third-order valence-corrected chi connectivity index (χ3v) is 4.23. The van der Waals surface area contributed by atoms with Crippen LogP contribution in [-0.2, 0) is 15.8 Å². The Hall–Kier alpha value is -2.54. The average Bonchev–Trinajstić information content (AvgIpc) is 2.55. The molecule has 0 aliphatic heterocycles. The highest BCUT2D eigenvalue weighted by molar-refractivity contribution is 6.34. The Morgan fingerprint density at radius 3 is 2.37 bits per heavy atom. The van der Waals surface area contributed by atoms with E-state index in [0.29, 0.717) is 5.69 Å². The zero-order chi connectivity index (χ0) is 20.4. The monoisotopic (exact) mass is 398 g/mol. The molecule has 0 unspecified atom stereocenters. The quantitative estimate of drug-likeness (QED) is 0.790. The first-order chi connectivity index (χ1) is 12.5. The maximum Gasteiger partial charge on any atom is 0.416 e. The maximum absolute atomic E-state index is 13.0. The second-order valence-electron chi connectivity index (χ2n) is 6.14. The molecule has 8 heteroatoms. The smallest absolute Gasteiger partial charge is 0.324 e. The number of alkyl halides is 3. The van der Waals surface area contributed by atoms with Gasteiger partial charge in [-0.15, -0.1) is 0 Å². The Labute approximate surface area is 159 Å². The minimum Gasteiger partial charge on any atom is -0.324 e. The van der Waals surface area contributed by atoms with Crippen LogP contribution in [0.2, 0.25) is 5.02 Å². The van der Waals surface area contributed by atoms with Gasteiger partial charge in [0.05, 0.1) is 16.3 Å². The second-order valence-corrected chi connectivity index (χ2v) is 6.54. The summed E-state index contributed by atoms with van der Waals surface area (Å²) in [5.41, 5.74) is 1.19. The van der Waals surface area contributed by atoms with Crippen molar-refractivity contribution in [3.8, 4) is 0 Å². The summed E-state index contributed by atoms with van der Waals surface area (Å²) in [5, 5.41) is 2.61. The number of hydrogen-bond donors (Lipinski definition) is 1. The molecule has 0 heterocycles. The number of aryl methyl sites for hydroxylation is 2. The van der Waals surface area contributed by atoms with Crippen LogP contribution in [0.3, 0.4) is 0 Å². The van der Waals surface area contributed by atoms with Crippen LogP contribution < -0.4 is 10.2 Å². The zero-order valence-electron chi connectivity index (χ0n) is 14.9. The number of rotatable bonds is 4. The molecule has 2 amide bonds. The predicted octanol–water partition coefficient (Wildman–Crippen LogP) is 4.97. The number of nitrogens with zero attached hydrogens (tertiary/aromatic N) is 1. The van der Waals surface area contributed by atoms with E-state index in [-0.39, 0.29) is 10.7 Å². The van der Waals surface area contributed by atoms with Gasteiger partial charge < -0.3 is 10.2 Å². The van der Waals surface area contributed by atoms with Crippen molar-refractivity contribution in [1.29, 1.82) is 0 Å². The zero-order valence-corrected chi connectivity index (χ0v) is 15.7. The third kappa shape index (κ3) is 5.23. The van der Waals surface area contributed by atoms with E-state index in [1.54, 1.807) is 6.07 Å². The maximum atomic E-state index is 13.0. The van der Waals surface area contributed by atoms with Crippen molar-refractivity contribution in [2.45, 2.75) is 26.9 Å². The summed E-state index contributed by atoms with van der Waals surface area (Å²) in [6.45, 7) is 4.35. The largest absolute Gasteiger partial charge is 0.416 e. The normalized spacial score (nSPS) is 11.2. The van der Waals surface area contributed by atoms with Gasteiger partial charge in [-0.1, -0.05) is 23.7 Å². The molecule has 4 nitrogen and oxygen atoms in total. The molecule has 0 atom stereocenters. The summed E-state index contributed by atoms with van der Waals surface area (Å²) in [5.74, 6) is -1.15. The topological polar surface area (TPSA) is 49.4 Å². The van der Waals surface area contributed by atoms with Crippen LogP contribution in [0.4, 0.5) is 24.5 Å². The van der Waals surface area contributed by atoms with E-state index in [1.807, 2.05) is 26.0 Å². The molecule has 27 heavy (non-hydrogen) atoms. The number of benzene rings is 2. The molecule has 1 N–H and O–H groups in total. The molecule has 144 valence electrons. The van der Waals surface area contributed by atoms with Crippen molar-refractivity contribution in [2.75, 3.05) is 16.8 Å². The van der Waals surface area contributed by atoms with E-state index in [9.17, 15) is 22.8 Å². The number of carbonyl (C=O) groups excluding carboxylic acids is 2. The van der Waals surface area contributed by atoms with Gasteiger partial charge in [-0.2, -0.15) is 13.2 Å². The molecule has 2 rings (SSSR count). The summed E-state index contributed by atoms with van der Waals surface area (Å²) in [6, 6.07) is 8.11. The lowest BCUT2D eigenvalue weighted by Gasteiger charge is -2.23. The summed E-state index contributed by atoms with van der Waals surface area (Å²) in [7, 11) is 0. The van der Waals surface area contributed by atoms with Crippen LogP contribution in [0, 0.1) is 13.8 Å². The second kappa shape index (κ2) is 8.00. The minimum atomic E-state index is -4.59. The first kappa shape index (κ1) is 20.8. The molecule has 0 radical (unpaired) electrons. The van der Waals surface area contributed by atoms with Gasteiger partial charge in [0.1, 0.15) is 6.54 Å². The molecule has 2 aromatic rings. The molecule has 0 saturated heterocycles. The molecule has 2 aromatic carbocycles. The van der Waals surface area contributed by atoms with E-state index in [1.165, 1.54) is 0 Å². The van der Waals surface area contributed by atoms with Gasteiger partial charge in [0.15, 0.2) is 0 Å². The van der Waals surface area contributed by atoms with Gasteiger partial charge in [0.25, 0.3) is 0 Å². The first-order valence-corrected chi connectivity index (χ1v) is 8.39.